The van der Waals surface area contributed by atoms with Crippen LogP contribution in [0.3, 0.4) is 0 Å². The Morgan fingerprint density at radius 3 is 2.33 bits per heavy atom. The Morgan fingerprint density at radius 1 is 1.00 bits per heavy atom. The molecule has 0 unspecified atom stereocenters. The number of halogens is 3. The number of rotatable bonds is 1. The Labute approximate surface area is 102 Å². The molecule has 0 aromatic heterocycles. The molecule has 0 amide bonds. The highest BCUT2D eigenvalue weighted by Crippen LogP contribution is 2.29. The van der Waals surface area contributed by atoms with Gasteiger partial charge in [-0.1, -0.05) is 18.2 Å². The number of nitriles is 1. The summed E-state index contributed by atoms with van der Waals surface area (Å²) in [6.45, 7) is 1.56. The summed E-state index contributed by atoms with van der Waals surface area (Å²) in [6, 6.07) is 7.92. The van der Waals surface area contributed by atoms with Crippen molar-refractivity contribution in [2.45, 2.75) is 6.92 Å². The molecule has 0 saturated heterocycles. The van der Waals surface area contributed by atoms with E-state index in [1.807, 2.05) is 0 Å². The molecular formula is C14H8F3N. The molecule has 0 heterocycles. The highest BCUT2D eigenvalue weighted by atomic mass is 19.2. The predicted octanol–water partition coefficient (Wildman–Crippen LogP) is 3.95. The lowest BCUT2D eigenvalue weighted by molar-refractivity contribution is 0.508. The highest BCUT2D eigenvalue weighted by molar-refractivity contribution is 5.71. The molecular weight excluding hydrogens is 239 g/mol. The summed E-state index contributed by atoms with van der Waals surface area (Å²) in [5.41, 5.74) is 0.419. The van der Waals surface area contributed by atoms with Crippen LogP contribution in [-0.2, 0) is 0 Å². The minimum Gasteiger partial charge on any atom is -0.206 e. The van der Waals surface area contributed by atoms with E-state index >= 15 is 0 Å². The third-order valence-corrected chi connectivity index (χ3v) is 2.66. The average Bonchev–Trinajstić information content (AvgIpc) is 2.36. The second kappa shape index (κ2) is 4.53. The standard InChI is InChI=1S/C14H8F3N/c1-8-3-2-4-10(14(8)17)11-6-13(16)12(15)5-9(11)7-18/h2-6H,1H3. The Morgan fingerprint density at radius 2 is 1.67 bits per heavy atom. The van der Waals surface area contributed by atoms with E-state index in [2.05, 4.69) is 0 Å². The van der Waals surface area contributed by atoms with E-state index < -0.39 is 17.5 Å². The Balaban J connectivity index is 2.75. The molecule has 0 radical (unpaired) electrons. The third kappa shape index (κ3) is 1.95. The first-order valence-electron chi connectivity index (χ1n) is 5.19. The first-order chi connectivity index (χ1) is 8.54. The van der Waals surface area contributed by atoms with Crippen molar-refractivity contribution in [2.75, 3.05) is 0 Å². The SMILES string of the molecule is Cc1cccc(-c2cc(F)c(F)cc2C#N)c1F. The fourth-order valence-corrected chi connectivity index (χ4v) is 1.72. The van der Waals surface area contributed by atoms with E-state index in [1.54, 1.807) is 25.1 Å². The van der Waals surface area contributed by atoms with Crippen LogP contribution in [0.5, 0.6) is 0 Å². The maximum atomic E-state index is 13.9. The van der Waals surface area contributed by atoms with Crippen LogP contribution in [0, 0.1) is 35.7 Å². The van der Waals surface area contributed by atoms with Crippen LogP contribution in [0.1, 0.15) is 11.1 Å². The topological polar surface area (TPSA) is 23.8 Å². The van der Waals surface area contributed by atoms with E-state index in [9.17, 15) is 13.2 Å². The molecule has 4 heteroatoms. The monoisotopic (exact) mass is 247 g/mol. The first kappa shape index (κ1) is 12.2. The van der Waals surface area contributed by atoms with Gasteiger partial charge in [-0.2, -0.15) is 5.26 Å². The van der Waals surface area contributed by atoms with Gasteiger partial charge in [0.1, 0.15) is 5.82 Å². The van der Waals surface area contributed by atoms with Gasteiger partial charge in [-0.3, -0.25) is 0 Å². The van der Waals surface area contributed by atoms with E-state index in [-0.39, 0.29) is 16.7 Å². The molecule has 0 bridgehead atoms. The fourth-order valence-electron chi connectivity index (χ4n) is 1.72. The van der Waals surface area contributed by atoms with Crippen LogP contribution in [0.15, 0.2) is 30.3 Å². The Kier molecular flexibility index (Phi) is 3.07. The maximum Gasteiger partial charge on any atom is 0.160 e. The van der Waals surface area contributed by atoms with E-state index in [0.717, 1.165) is 12.1 Å². The van der Waals surface area contributed by atoms with Gasteiger partial charge < -0.3 is 0 Å². The lowest BCUT2D eigenvalue weighted by Crippen LogP contribution is -1.95. The van der Waals surface area contributed by atoms with Crippen LogP contribution in [-0.4, -0.2) is 0 Å². The van der Waals surface area contributed by atoms with Gasteiger partial charge in [0, 0.05) is 11.1 Å². The Bertz CT molecular complexity index is 657. The molecule has 0 spiro atoms. The van der Waals surface area contributed by atoms with Crippen LogP contribution in [0.4, 0.5) is 13.2 Å². The number of hydrogen-bond donors (Lipinski definition) is 0. The quantitative estimate of drug-likeness (QED) is 0.748. The first-order valence-corrected chi connectivity index (χ1v) is 5.19. The molecule has 0 aliphatic carbocycles. The summed E-state index contributed by atoms with van der Waals surface area (Å²) in [7, 11) is 0. The van der Waals surface area contributed by atoms with Crippen LogP contribution >= 0.6 is 0 Å². The van der Waals surface area contributed by atoms with Crippen molar-refractivity contribution in [3.05, 3.63) is 58.9 Å². The third-order valence-electron chi connectivity index (χ3n) is 2.66. The highest BCUT2D eigenvalue weighted by Gasteiger charge is 2.15. The van der Waals surface area contributed by atoms with E-state index in [1.165, 1.54) is 6.07 Å². The number of nitrogens with zero attached hydrogens (tertiary/aromatic N) is 1. The fraction of sp³-hybridized carbons (Fsp3) is 0.0714. The molecule has 0 fully saturated rings. The zero-order chi connectivity index (χ0) is 13.3. The van der Waals surface area contributed by atoms with Crippen molar-refractivity contribution >= 4 is 0 Å². The van der Waals surface area contributed by atoms with Crippen molar-refractivity contribution < 1.29 is 13.2 Å². The van der Waals surface area contributed by atoms with Gasteiger partial charge in [-0.25, -0.2) is 13.2 Å². The van der Waals surface area contributed by atoms with Gasteiger partial charge in [-0.05, 0) is 24.6 Å². The maximum absolute atomic E-state index is 13.9. The van der Waals surface area contributed by atoms with Crippen molar-refractivity contribution in [2.24, 2.45) is 0 Å². The molecule has 0 atom stereocenters. The summed E-state index contributed by atoms with van der Waals surface area (Å²) < 4.78 is 40.1. The summed E-state index contributed by atoms with van der Waals surface area (Å²) >= 11 is 0. The summed E-state index contributed by atoms with van der Waals surface area (Å²) in [6.07, 6.45) is 0. The van der Waals surface area contributed by atoms with Gasteiger partial charge in [0.2, 0.25) is 0 Å². The Hall–Kier alpha value is -2.28. The largest absolute Gasteiger partial charge is 0.206 e. The normalized spacial score (nSPS) is 10.2. The number of aryl methyl sites for hydroxylation is 1. The predicted molar refractivity (Wildman–Crippen MR) is 61.2 cm³/mol. The molecule has 1 nitrogen and oxygen atoms in total. The van der Waals surface area contributed by atoms with Crippen LogP contribution in [0.25, 0.3) is 11.1 Å². The molecule has 0 N–H and O–H groups in total. The summed E-state index contributed by atoms with van der Waals surface area (Å²) in [5.74, 6) is -2.77. The van der Waals surface area contributed by atoms with Gasteiger partial charge in [0.15, 0.2) is 11.6 Å². The second-order valence-corrected chi connectivity index (χ2v) is 3.86. The summed E-state index contributed by atoms with van der Waals surface area (Å²) in [4.78, 5) is 0. The van der Waals surface area contributed by atoms with E-state index in [4.69, 9.17) is 5.26 Å². The van der Waals surface area contributed by atoms with Gasteiger partial charge in [-0.15, -0.1) is 0 Å². The van der Waals surface area contributed by atoms with E-state index in [0.29, 0.717) is 5.56 Å². The average molecular weight is 247 g/mol. The number of hydrogen-bond acceptors (Lipinski definition) is 1. The molecule has 2 aromatic rings. The molecule has 0 aliphatic rings. The molecule has 2 rings (SSSR count). The minimum atomic E-state index is -1.12. The summed E-state index contributed by atoms with van der Waals surface area (Å²) in [5, 5.41) is 8.89. The minimum absolute atomic E-state index is 0.0533. The lowest BCUT2D eigenvalue weighted by Gasteiger charge is -2.08. The van der Waals surface area contributed by atoms with Crippen LogP contribution in [0.2, 0.25) is 0 Å². The number of benzene rings is 2. The van der Waals surface area contributed by atoms with Crippen molar-refractivity contribution in [1.29, 1.82) is 5.26 Å². The molecule has 0 saturated carbocycles. The van der Waals surface area contributed by atoms with Gasteiger partial charge in [0.25, 0.3) is 0 Å². The molecule has 18 heavy (non-hydrogen) atoms. The lowest BCUT2D eigenvalue weighted by atomic mass is 9.98. The van der Waals surface area contributed by atoms with Crippen molar-refractivity contribution in [3.63, 3.8) is 0 Å². The zero-order valence-electron chi connectivity index (χ0n) is 9.47. The van der Waals surface area contributed by atoms with Crippen LogP contribution < -0.4 is 0 Å². The van der Waals surface area contributed by atoms with Crippen molar-refractivity contribution in [1.82, 2.24) is 0 Å². The second-order valence-electron chi connectivity index (χ2n) is 3.86. The smallest absolute Gasteiger partial charge is 0.160 e. The van der Waals surface area contributed by atoms with Gasteiger partial charge in [0.05, 0.1) is 11.6 Å². The molecule has 0 aliphatic heterocycles. The van der Waals surface area contributed by atoms with Crippen molar-refractivity contribution in [3.8, 4) is 17.2 Å². The zero-order valence-corrected chi connectivity index (χ0v) is 9.47. The molecule has 90 valence electrons. The van der Waals surface area contributed by atoms with Gasteiger partial charge >= 0.3 is 0 Å². The molecule has 2 aromatic carbocycles.